The third-order valence-corrected chi connectivity index (χ3v) is 4.54. The Hall–Kier alpha value is -2.00. The summed E-state index contributed by atoms with van der Waals surface area (Å²) in [5.74, 6) is 1.36. The zero-order valence-corrected chi connectivity index (χ0v) is 20.9. The number of para-hydroxylation sites is 1. The quantitative estimate of drug-likeness (QED) is 0.301. The fourth-order valence-corrected chi connectivity index (χ4v) is 2.88. The molecule has 0 fully saturated rings. The van der Waals surface area contributed by atoms with Gasteiger partial charge in [0.1, 0.15) is 11.9 Å². The highest BCUT2D eigenvalue weighted by Gasteiger charge is 2.09. The highest BCUT2D eigenvalue weighted by Crippen LogP contribution is 2.23. The number of nitrogens with zero attached hydrogens (tertiary/aromatic N) is 2. The van der Waals surface area contributed by atoms with Crippen molar-refractivity contribution in [3.05, 3.63) is 64.7 Å². The molecule has 0 aliphatic carbocycles. The van der Waals surface area contributed by atoms with Crippen LogP contribution < -0.4 is 15.4 Å². The van der Waals surface area contributed by atoms with Crippen LogP contribution in [0.1, 0.15) is 22.8 Å². The second-order valence-electron chi connectivity index (χ2n) is 6.89. The summed E-state index contributed by atoms with van der Waals surface area (Å²) in [6, 6.07) is 15.1. The standard InChI is InChI=1S/C22H29ClN4O2.HI/c1-16(29-20-11-6-5-10-19(20)23)15-26-22(24-2)25-13-12-17-8-7-9-18(14-17)21(28)27(3)4;/h5-11,14,16H,12-13,15H2,1-4H3,(H2,24,25,26);1H. The molecule has 0 heterocycles. The zero-order valence-electron chi connectivity index (χ0n) is 17.8. The average molecular weight is 545 g/mol. The van der Waals surface area contributed by atoms with E-state index in [1.807, 2.05) is 49.4 Å². The Morgan fingerprint density at radius 3 is 2.57 bits per heavy atom. The summed E-state index contributed by atoms with van der Waals surface area (Å²) in [7, 11) is 5.23. The maximum atomic E-state index is 12.1. The number of carbonyl (C=O) groups excluding carboxylic acids is 1. The number of rotatable bonds is 8. The van der Waals surface area contributed by atoms with E-state index in [9.17, 15) is 4.79 Å². The van der Waals surface area contributed by atoms with Crippen molar-refractivity contribution in [2.45, 2.75) is 19.4 Å². The van der Waals surface area contributed by atoms with Crippen LogP contribution in [0.2, 0.25) is 5.02 Å². The first-order valence-corrected chi connectivity index (χ1v) is 9.94. The van der Waals surface area contributed by atoms with Crippen LogP contribution >= 0.6 is 35.6 Å². The Bertz CT molecular complexity index is 845. The topological polar surface area (TPSA) is 66.0 Å². The molecule has 0 aliphatic heterocycles. The number of ether oxygens (including phenoxy) is 1. The van der Waals surface area contributed by atoms with Gasteiger partial charge in [0.2, 0.25) is 0 Å². The van der Waals surface area contributed by atoms with E-state index in [0.29, 0.717) is 35.4 Å². The molecule has 1 atom stereocenters. The van der Waals surface area contributed by atoms with E-state index in [2.05, 4.69) is 15.6 Å². The number of halogens is 2. The first-order valence-electron chi connectivity index (χ1n) is 9.57. The van der Waals surface area contributed by atoms with Gasteiger partial charge in [-0.3, -0.25) is 9.79 Å². The minimum absolute atomic E-state index is 0. The fourth-order valence-electron chi connectivity index (χ4n) is 2.70. The third kappa shape index (κ3) is 8.39. The molecule has 0 radical (unpaired) electrons. The van der Waals surface area contributed by atoms with Crippen molar-refractivity contribution >= 4 is 47.4 Å². The third-order valence-electron chi connectivity index (χ3n) is 4.23. The van der Waals surface area contributed by atoms with E-state index in [4.69, 9.17) is 16.3 Å². The van der Waals surface area contributed by atoms with Crippen molar-refractivity contribution < 1.29 is 9.53 Å². The molecule has 0 aromatic heterocycles. The van der Waals surface area contributed by atoms with Crippen LogP contribution in [-0.2, 0) is 6.42 Å². The highest BCUT2D eigenvalue weighted by atomic mass is 127. The molecule has 8 heteroatoms. The lowest BCUT2D eigenvalue weighted by Crippen LogP contribution is -2.42. The monoisotopic (exact) mass is 544 g/mol. The van der Waals surface area contributed by atoms with Gasteiger partial charge in [-0.2, -0.15) is 0 Å². The molecule has 0 saturated carbocycles. The van der Waals surface area contributed by atoms with Crippen LogP contribution in [0.4, 0.5) is 0 Å². The first kappa shape index (κ1) is 26.0. The first-order chi connectivity index (χ1) is 13.9. The highest BCUT2D eigenvalue weighted by molar-refractivity contribution is 14.0. The number of hydrogen-bond acceptors (Lipinski definition) is 3. The summed E-state index contributed by atoms with van der Waals surface area (Å²) < 4.78 is 5.86. The molecule has 0 spiro atoms. The maximum Gasteiger partial charge on any atom is 0.253 e. The van der Waals surface area contributed by atoms with Gasteiger partial charge in [-0.05, 0) is 43.2 Å². The van der Waals surface area contributed by atoms with Crippen molar-refractivity contribution in [2.24, 2.45) is 4.99 Å². The molecule has 0 aliphatic rings. The lowest BCUT2D eigenvalue weighted by Gasteiger charge is -2.18. The molecular formula is C22H30ClIN4O2. The van der Waals surface area contributed by atoms with Crippen LogP contribution in [-0.4, -0.2) is 57.1 Å². The molecule has 1 amide bonds. The van der Waals surface area contributed by atoms with E-state index in [1.54, 1.807) is 32.1 Å². The van der Waals surface area contributed by atoms with Crippen molar-refractivity contribution in [1.82, 2.24) is 15.5 Å². The normalized spacial score (nSPS) is 11.8. The van der Waals surface area contributed by atoms with E-state index in [-0.39, 0.29) is 36.0 Å². The molecule has 2 rings (SSSR count). The van der Waals surface area contributed by atoms with E-state index >= 15 is 0 Å². The van der Waals surface area contributed by atoms with Crippen molar-refractivity contribution in [3.8, 4) is 5.75 Å². The molecule has 0 bridgehead atoms. The summed E-state index contributed by atoms with van der Waals surface area (Å²) >= 11 is 6.13. The van der Waals surface area contributed by atoms with Crippen LogP contribution in [0.25, 0.3) is 0 Å². The molecule has 2 N–H and O–H groups in total. The van der Waals surface area contributed by atoms with Gasteiger partial charge in [-0.1, -0.05) is 35.9 Å². The van der Waals surface area contributed by atoms with Crippen molar-refractivity contribution in [3.63, 3.8) is 0 Å². The van der Waals surface area contributed by atoms with Crippen molar-refractivity contribution in [2.75, 3.05) is 34.2 Å². The summed E-state index contributed by atoms with van der Waals surface area (Å²) in [5.41, 5.74) is 1.79. The zero-order chi connectivity index (χ0) is 21.2. The van der Waals surface area contributed by atoms with Gasteiger partial charge in [0, 0.05) is 33.3 Å². The minimum atomic E-state index is -0.0813. The van der Waals surface area contributed by atoms with Gasteiger partial charge < -0.3 is 20.3 Å². The summed E-state index contributed by atoms with van der Waals surface area (Å²) in [6.45, 7) is 3.24. The number of carbonyl (C=O) groups is 1. The molecule has 2 aromatic carbocycles. The van der Waals surface area contributed by atoms with Gasteiger partial charge in [-0.15, -0.1) is 24.0 Å². The Labute approximate surface area is 201 Å². The number of amides is 1. The number of benzene rings is 2. The summed E-state index contributed by atoms with van der Waals surface area (Å²) in [6.07, 6.45) is 0.697. The smallest absolute Gasteiger partial charge is 0.253 e. The molecular weight excluding hydrogens is 515 g/mol. The lowest BCUT2D eigenvalue weighted by molar-refractivity contribution is 0.0827. The second kappa shape index (κ2) is 13.3. The van der Waals surface area contributed by atoms with Crippen LogP contribution in [0.3, 0.4) is 0 Å². The van der Waals surface area contributed by atoms with Gasteiger partial charge >= 0.3 is 0 Å². The van der Waals surface area contributed by atoms with E-state index in [0.717, 1.165) is 12.0 Å². The number of aliphatic imine (C=N–C) groups is 1. The summed E-state index contributed by atoms with van der Waals surface area (Å²) in [4.78, 5) is 17.9. The molecule has 164 valence electrons. The summed E-state index contributed by atoms with van der Waals surface area (Å²) in [5, 5.41) is 7.13. The Morgan fingerprint density at radius 2 is 1.90 bits per heavy atom. The predicted octanol–water partition coefficient (Wildman–Crippen LogP) is 3.83. The number of nitrogens with one attached hydrogen (secondary N) is 2. The van der Waals surface area contributed by atoms with E-state index < -0.39 is 0 Å². The molecule has 0 saturated heterocycles. The average Bonchev–Trinajstić information content (AvgIpc) is 2.71. The number of guanidine groups is 1. The fraction of sp³-hybridized carbons (Fsp3) is 0.364. The Kier molecular flexibility index (Phi) is 11.6. The maximum absolute atomic E-state index is 12.1. The second-order valence-corrected chi connectivity index (χ2v) is 7.30. The molecule has 6 nitrogen and oxygen atoms in total. The van der Waals surface area contributed by atoms with Gasteiger partial charge in [0.25, 0.3) is 5.91 Å². The molecule has 1 unspecified atom stereocenters. The predicted molar refractivity (Wildman–Crippen MR) is 134 cm³/mol. The van der Waals surface area contributed by atoms with Crippen LogP contribution in [0, 0.1) is 0 Å². The van der Waals surface area contributed by atoms with Gasteiger partial charge in [0.05, 0.1) is 11.6 Å². The minimum Gasteiger partial charge on any atom is -0.487 e. The van der Waals surface area contributed by atoms with Crippen LogP contribution in [0.15, 0.2) is 53.5 Å². The van der Waals surface area contributed by atoms with Gasteiger partial charge in [-0.25, -0.2) is 0 Å². The largest absolute Gasteiger partial charge is 0.487 e. The van der Waals surface area contributed by atoms with Gasteiger partial charge in [0.15, 0.2) is 5.96 Å². The van der Waals surface area contributed by atoms with Crippen LogP contribution in [0.5, 0.6) is 5.75 Å². The Balaban J connectivity index is 0.00000450. The van der Waals surface area contributed by atoms with E-state index in [1.165, 1.54) is 0 Å². The molecule has 2 aromatic rings. The SMILES string of the molecule is CN=C(NCCc1cccc(C(=O)N(C)C)c1)NCC(C)Oc1ccccc1Cl.I. The molecule has 30 heavy (non-hydrogen) atoms. The number of hydrogen-bond donors (Lipinski definition) is 2. The van der Waals surface area contributed by atoms with Crippen molar-refractivity contribution in [1.29, 1.82) is 0 Å². The lowest BCUT2D eigenvalue weighted by atomic mass is 10.1. The Morgan fingerprint density at radius 1 is 1.17 bits per heavy atom.